The van der Waals surface area contributed by atoms with Crippen LogP contribution in [0.1, 0.15) is 21.5 Å². The van der Waals surface area contributed by atoms with E-state index in [-0.39, 0.29) is 5.56 Å². The standard InChI is InChI=1S/C21H12F6O2/c22-20(23,24)17-5-1-12(2-6-17)14-9-15(11-16(10-14)19(28)29)13-3-7-18(8-4-13)21(25,26)27/h1-11H,(H,28,29). The molecule has 0 atom stereocenters. The molecule has 1 N–H and O–H groups in total. The summed E-state index contributed by atoms with van der Waals surface area (Å²) < 4.78 is 76.4. The molecule has 0 bridgehead atoms. The molecule has 0 fully saturated rings. The van der Waals surface area contributed by atoms with Crippen LogP contribution in [-0.2, 0) is 12.4 Å². The second-order valence-corrected chi connectivity index (χ2v) is 6.25. The Hall–Kier alpha value is -3.29. The lowest BCUT2D eigenvalue weighted by molar-refractivity contribution is -0.138. The first-order valence-corrected chi connectivity index (χ1v) is 8.19. The first-order chi connectivity index (χ1) is 13.4. The highest BCUT2D eigenvalue weighted by atomic mass is 19.4. The molecule has 0 unspecified atom stereocenters. The van der Waals surface area contributed by atoms with E-state index in [0.717, 1.165) is 24.3 Å². The van der Waals surface area contributed by atoms with Gasteiger partial charge >= 0.3 is 18.3 Å². The fourth-order valence-corrected chi connectivity index (χ4v) is 2.79. The highest BCUT2D eigenvalue weighted by Gasteiger charge is 2.30. The Morgan fingerprint density at radius 2 is 0.931 bits per heavy atom. The Morgan fingerprint density at radius 3 is 1.21 bits per heavy atom. The van der Waals surface area contributed by atoms with Gasteiger partial charge in [-0.2, -0.15) is 26.3 Å². The molecule has 150 valence electrons. The largest absolute Gasteiger partial charge is 0.478 e. The topological polar surface area (TPSA) is 37.3 Å². The maximum absolute atomic E-state index is 12.7. The lowest BCUT2D eigenvalue weighted by Crippen LogP contribution is -2.04. The molecule has 0 aliphatic rings. The molecular weight excluding hydrogens is 398 g/mol. The molecule has 0 saturated heterocycles. The van der Waals surface area contributed by atoms with E-state index in [2.05, 4.69) is 0 Å². The maximum Gasteiger partial charge on any atom is 0.416 e. The molecule has 29 heavy (non-hydrogen) atoms. The van der Waals surface area contributed by atoms with E-state index < -0.39 is 29.4 Å². The third kappa shape index (κ3) is 4.59. The molecule has 0 saturated carbocycles. The van der Waals surface area contributed by atoms with Gasteiger partial charge < -0.3 is 5.11 Å². The zero-order chi connectivity index (χ0) is 21.4. The summed E-state index contributed by atoms with van der Waals surface area (Å²) in [6.07, 6.45) is -9.01. The minimum Gasteiger partial charge on any atom is -0.478 e. The molecule has 0 radical (unpaired) electrons. The molecule has 3 aromatic rings. The van der Waals surface area contributed by atoms with Crippen LogP contribution in [0.4, 0.5) is 26.3 Å². The predicted molar refractivity (Wildman–Crippen MR) is 94.3 cm³/mol. The van der Waals surface area contributed by atoms with E-state index in [0.29, 0.717) is 22.3 Å². The van der Waals surface area contributed by atoms with Gasteiger partial charge in [0.1, 0.15) is 0 Å². The SMILES string of the molecule is O=C(O)c1cc(-c2ccc(C(F)(F)F)cc2)cc(-c2ccc(C(F)(F)F)cc2)c1. The minimum absolute atomic E-state index is 0.141. The number of benzene rings is 3. The average Bonchev–Trinajstić information content (AvgIpc) is 2.66. The Bertz CT molecular complexity index is 957. The van der Waals surface area contributed by atoms with Crippen molar-refractivity contribution >= 4 is 5.97 Å². The number of halogens is 6. The van der Waals surface area contributed by atoms with Crippen molar-refractivity contribution in [3.63, 3.8) is 0 Å². The smallest absolute Gasteiger partial charge is 0.416 e. The Morgan fingerprint density at radius 1 is 0.586 bits per heavy atom. The molecular formula is C21H12F6O2. The average molecular weight is 410 g/mol. The van der Waals surface area contributed by atoms with Crippen LogP contribution in [0.2, 0.25) is 0 Å². The van der Waals surface area contributed by atoms with Gasteiger partial charge in [-0.3, -0.25) is 0 Å². The number of carbonyl (C=O) groups is 1. The van der Waals surface area contributed by atoms with Gasteiger partial charge in [0.15, 0.2) is 0 Å². The molecule has 0 aliphatic carbocycles. The van der Waals surface area contributed by atoms with Gasteiger partial charge in [-0.05, 0) is 64.7 Å². The molecule has 2 nitrogen and oxygen atoms in total. The number of alkyl halides is 6. The maximum atomic E-state index is 12.7. The van der Waals surface area contributed by atoms with E-state index in [1.54, 1.807) is 0 Å². The van der Waals surface area contributed by atoms with Crippen molar-refractivity contribution in [2.45, 2.75) is 12.4 Å². The normalized spacial score (nSPS) is 12.1. The van der Waals surface area contributed by atoms with Crippen molar-refractivity contribution in [1.82, 2.24) is 0 Å². The van der Waals surface area contributed by atoms with Crippen molar-refractivity contribution in [1.29, 1.82) is 0 Å². The van der Waals surface area contributed by atoms with E-state index in [1.807, 2.05) is 0 Å². The highest BCUT2D eigenvalue weighted by Crippen LogP contribution is 2.34. The highest BCUT2D eigenvalue weighted by molar-refractivity contribution is 5.92. The van der Waals surface area contributed by atoms with Crippen LogP contribution in [0, 0.1) is 0 Å². The third-order valence-corrected chi connectivity index (χ3v) is 4.27. The number of hydrogen-bond donors (Lipinski definition) is 1. The molecule has 3 aromatic carbocycles. The molecule has 0 aliphatic heterocycles. The van der Waals surface area contributed by atoms with Gasteiger partial charge in [-0.1, -0.05) is 24.3 Å². The monoisotopic (exact) mass is 410 g/mol. The lowest BCUT2D eigenvalue weighted by atomic mass is 9.95. The first kappa shape index (κ1) is 20.4. The fraction of sp³-hybridized carbons (Fsp3) is 0.0952. The summed E-state index contributed by atoms with van der Waals surface area (Å²) in [6.45, 7) is 0. The lowest BCUT2D eigenvalue weighted by Gasteiger charge is -2.12. The van der Waals surface area contributed by atoms with Crippen LogP contribution in [0.5, 0.6) is 0 Å². The summed E-state index contributed by atoms with van der Waals surface area (Å²) in [4.78, 5) is 11.4. The summed E-state index contributed by atoms with van der Waals surface area (Å²) in [6, 6.07) is 12.4. The molecule has 0 aromatic heterocycles. The van der Waals surface area contributed by atoms with Gasteiger partial charge in [0, 0.05) is 0 Å². The number of carboxylic acid groups (broad SMARTS) is 1. The molecule has 3 rings (SSSR count). The Balaban J connectivity index is 2.06. The van der Waals surface area contributed by atoms with Crippen LogP contribution < -0.4 is 0 Å². The first-order valence-electron chi connectivity index (χ1n) is 8.19. The van der Waals surface area contributed by atoms with Crippen LogP contribution in [0.25, 0.3) is 22.3 Å². The van der Waals surface area contributed by atoms with Crippen molar-refractivity contribution in [2.24, 2.45) is 0 Å². The van der Waals surface area contributed by atoms with Crippen molar-refractivity contribution in [3.8, 4) is 22.3 Å². The van der Waals surface area contributed by atoms with Crippen LogP contribution in [-0.4, -0.2) is 11.1 Å². The van der Waals surface area contributed by atoms with Gasteiger partial charge in [-0.25, -0.2) is 4.79 Å². The fourth-order valence-electron chi connectivity index (χ4n) is 2.79. The second-order valence-electron chi connectivity index (χ2n) is 6.25. The van der Waals surface area contributed by atoms with Crippen molar-refractivity contribution in [3.05, 3.63) is 83.4 Å². The van der Waals surface area contributed by atoms with Crippen molar-refractivity contribution in [2.75, 3.05) is 0 Å². The number of carboxylic acids is 1. The predicted octanol–water partition coefficient (Wildman–Crippen LogP) is 6.76. The minimum atomic E-state index is -4.51. The second kappa shape index (κ2) is 7.27. The number of hydrogen-bond acceptors (Lipinski definition) is 1. The van der Waals surface area contributed by atoms with Gasteiger partial charge in [0.25, 0.3) is 0 Å². The summed E-state index contributed by atoms with van der Waals surface area (Å²) in [7, 11) is 0. The van der Waals surface area contributed by atoms with E-state index >= 15 is 0 Å². The van der Waals surface area contributed by atoms with E-state index in [1.165, 1.54) is 42.5 Å². The van der Waals surface area contributed by atoms with Gasteiger partial charge in [-0.15, -0.1) is 0 Å². The summed E-state index contributed by atoms with van der Waals surface area (Å²) >= 11 is 0. The zero-order valence-corrected chi connectivity index (χ0v) is 14.5. The Kier molecular flexibility index (Phi) is 5.13. The van der Waals surface area contributed by atoms with Crippen molar-refractivity contribution < 1.29 is 36.2 Å². The van der Waals surface area contributed by atoms with Gasteiger partial charge in [0.05, 0.1) is 16.7 Å². The molecule has 0 spiro atoms. The molecule has 0 amide bonds. The summed E-state index contributed by atoms with van der Waals surface area (Å²) in [5, 5.41) is 9.33. The number of rotatable bonds is 3. The summed E-state index contributed by atoms with van der Waals surface area (Å²) in [5.74, 6) is -1.27. The molecule has 0 heterocycles. The third-order valence-electron chi connectivity index (χ3n) is 4.27. The van der Waals surface area contributed by atoms with Gasteiger partial charge in [0.2, 0.25) is 0 Å². The summed E-state index contributed by atoms with van der Waals surface area (Å²) in [5.41, 5.74) is -0.500. The number of aromatic carboxylic acids is 1. The van der Waals surface area contributed by atoms with Crippen LogP contribution in [0.15, 0.2) is 66.7 Å². The van der Waals surface area contributed by atoms with Crippen LogP contribution >= 0.6 is 0 Å². The van der Waals surface area contributed by atoms with Crippen LogP contribution in [0.3, 0.4) is 0 Å². The van der Waals surface area contributed by atoms with E-state index in [4.69, 9.17) is 0 Å². The quantitative estimate of drug-likeness (QED) is 0.485. The Labute approximate surface area is 161 Å². The van der Waals surface area contributed by atoms with E-state index in [9.17, 15) is 36.2 Å². The zero-order valence-electron chi connectivity index (χ0n) is 14.5. The molecule has 8 heteroatoms.